The van der Waals surface area contributed by atoms with Gasteiger partial charge in [-0.1, -0.05) is 30.7 Å². The summed E-state index contributed by atoms with van der Waals surface area (Å²) in [6.45, 7) is 4.37. The molecule has 1 aromatic carbocycles. The number of hydrogen-bond donors (Lipinski definition) is 0. The van der Waals surface area contributed by atoms with Gasteiger partial charge in [0.2, 0.25) is 0 Å². The molecule has 0 saturated carbocycles. The highest BCUT2D eigenvalue weighted by molar-refractivity contribution is 6.30. The van der Waals surface area contributed by atoms with Crippen LogP contribution in [0.4, 0.5) is 0 Å². The summed E-state index contributed by atoms with van der Waals surface area (Å²) in [5.74, 6) is 0.603. The van der Waals surface area contributed by atoms with Crippen molar-refractivity contribution >= 4 is 11.6 Å². The van der Waals surface area contributed by atoms with Crippen LogP contribution >= 0.6 is 11.6 Å². The highest BCUT2D eigenvalue weighted by Gasteiger charge is 2.38. The van der Waals surface area contributed by atoms with Crippen LogP contribution in [0, 0.1) is 5.92 Å². The molecule has 1 aliphatic rings. The monoisotopic (exact) mass is 210 g/mol. The molecule has 0 aromatic heterocycles. The van der Waals surface area contributed by atoms with Crippen LogP contribution in [-0.2, 0) is 11.2 Å². The largest absolute Gasteiger partial charge is 0.370 e. The van der Waals surface area contributed by atoms with Gasteiger partial charge in [0.05, 0.1) is 12.2 Å². The first-order valence-electron chi connectivity index (χ1n) is 5.06. The minimum absolute atomic E-state index is 0.456. The van der Waals surface area contributed by atoms with Crippen LogP contribution in [0.2, 0.25) is 5.02 Å². The summed E-state index contributed by atoms with van der Waals surface area (Å²) < 4.78 is 5.45. The average Bonchev–Trinajstić information content (AvgIpc) is 2.87. The average molecular weight is 211 g/mol. The number of hydrogen-bond acceptors (Lipinski definition) is 1. The zero-order valence-corrected chi connectivity index (χ0v) is 9.29. The normalized spacial score (nSPS) is 27.4. The summed E-state index contributed by atoms with van der Waals surface area (Å²) in [5.41, 5.74) is 1.34. The Morgan fingerprint density at radius 3 is 2.43 bits per heavy atom. The maximum absolute atomic E-state index is 5.82. The predicted octanol–water partition coefficient (Wildman–Crippen LogP) is 3.31. The Kier molecular flexibility index (Phi) is 2.80. The highest BCUT2D eigenvalue weighted by Crippen LogP contribution is 2.30. The molecule has 0 spiro atoms. The first kappa shape index (κ1) is 10.0. The lowest BCUT2D eigenvalue weighted by Gasteiger charge is -2.07. The molecule has 2 rings (SSSR count). The van der Waals surface area contributed by atoms with Crippen molar-refractivity contribution in [2.45, 2.75) is 32.5 Å². The van der Waals surface area contributed by atoms with Gasteiger partial charge in [-0.05, 0) is 37.0 Å². The van der Waals surface area contributed by atoms with Gasteiger partial charge in [-0.15, -0.1) is 0 Å². The lowest BCUT2D eigenvalue weighted by Crippen LogP contribution is -2.08. The maximum Gasteiger partial charge on any atom is 0.0867 e. The molecule has 1 fully saturated rings. The van der Waals surface area contributed by atoms with E-state index in [2.05, 4.69) is 26.0 Å². The summed E-state index contributed by atoms with van der Waals surface area (Å²) in [6, 6.07) is 8.07. The molecule has 0 bridgehead atoms. The van der Waals surface area contributed by atoms with Crippen LogP contribution in [0.3, 0.4) is 0 Å². The number of halogens is 1. The minimum atomic E-state index is 0.456. The van der Waals surface area contributed by atoms with Crippen molar-refractivity contribution in [1.82, 2.24) is 0 Å². The van der Waals surface area contributed by atoms with Gasteiger partial charge in [-0.25, -0.2) is 0 Å². The third-order valence-electron chi connectivity index (χ3n) is 2.79. The fourth-order valence-corrected chi connectivity index (χ4v) is 2.03. The van der Waals surface area contributed by atoms with E-state index in [1.807, 2.05) is 12.1 Å². The molecule has 0 radical (unpaired) electrons. The maximum atomic E-state index is 5.82. The van der Waals surface area contributed by atoms with Crippen LogP contribution in [0.1, 0.15) is 19.4 Å². The second kappa shape index (κ2) is 3.92. The fraction of sp³-hybridized carbons (Fsp3) is 0.500. The number of epoxide rings is 1. The summed E-state index contributed by atoms with van der Waals surface area (Å²) in [4.78, 5) is 0. The zero-order valence-electron chi connectivity index (χ0n) is 8.53. The Hall–Kier alpha value is -0.530. The molecule has 76 valence electrons. The van der Waals surface area contributed by atoms with Gasteiger partial charge in [0.1, 0.15) is 0 Å². The molecule has 1 nitrogen and oxygen atoms in total. The third-order valence-corrected chi connectivity index (χ3v) is 3.04. The molecule has 1 aliphatic heterocycles. The first-order chi connectivity index (χ1) is 6.66. The summed E-state index contributed by atoms with van der Waals surface area (Å²) >= 11 is 5.82. The van der Waals surface area contributed by atoms with Gasteiger partial charge in [-0.2, -0.15) is 0 Å². The lowest BCUT2D eigenvalue weighted by molar-refractivity contribution is 0.328. The van der Waals surface area contributed by atoms with E-state index in [1.54, 1.807) is 0 Å². The van der Waals surface area contributed by atoms with Crippen LogP contribution in [0.25, 0.3) is 0 Å². The molecule has 14 heavy (non-hydrogen) atoms. The molecule has 1 saturated heterocycles. The highest BCUT2D eigenvalue weighted by atomic mass is 35.5. The van der Waals surface area contributed by atoms with Crippen LogP contribution in [0.5, 0.6) is 0 Å². The molecule has 3 unspecified atom stereocenters. The van der Waals surface area contributed by atoms with Crippen molar-refractivity contribution in [1.29, 1.82) is 0 Å². The van der Waals surface area contributed by atoms with Crippen molar-refractivity contribution in [3.05, 3.63) is 34.9 Å². The van der Waals surface area contributed by atoms with Crippen molar-refractivity contribution in [2.24, 2.45) is 5.92 Å². The van der Waals surface area contributed by atoms with Gasteiger partial charge >= 0.3 is 0 Å². The first-order valence-corrected chi connectivity index (χ1v) is 5.44. The van der Waals surface area contributed by atoms with E-state index in [1.165, 1.54) is 5.56 Å². The van der Waals surface area contributed by atoms with Crippen molar-refractivity contribution in [2.75, 3.05) is 0 Å². The van der Waals surface area contributed by atoms with Crippen molar-refractivity contribution < 1.29 is 4.74 Å². The van der Waals surface area contributed by atoms with Crippen LogP contribution in [-0.4, -0.2) is 12.2 Å². The Bertz CT molecular complexity index is 307. The quantitative estimate of drug-likeness (QED) is 0.698. The van der Waals surface area contributed by atoms with Gasteiger partial charge in [0.15, 0.2) is 0 Å². The van der Waals surface area contributed by atoms with E-state index in [0.717, 1.165) is 11.4 Å². The Morgan fingerprint density at radius 2 is 1.93 bits per heavy atom. The number of ether oxygens (including phenoxy) is 1. The Balaban J connectivity index is 1.93. The van der Waals surface area contributed by atoms with Gasteiger partial charge < -0.3 is 4.74 Å². The van der Waals surface area contributed by atoms with Crippen molar-refractivity contribution in [3.63, 3.8) is 0 Å². The SMILES string of the molecule is CC(Cc1ccc(Cl)cc1)C1OC1C. The van der Waals surface area contributed by atoms with Gasteiger partial charge in [0, 0.05) is 5.02 Å². The zero-order chi connectivity index (χ0) is 10.1. The summed E-state index contributed by atoms with van der Waals surface area (Å²) in [5, 5.41) is 0.803. The van der Waals surface area contributed by atoms with Crippen LogP contribution < -0.4 is 0 Å². The van der Waals surface area contributed by atoms with Gasteiger partial charge in [-0.3, -0.25) is 0 Å². The smallest absolute Gasteiger partial charge is 0.0867 e. The Morgan fingerprint density at radius 1 is 1.36 bits per heavy atom. The topological polar surface area (TPSA) is 12.5 Å². The molecule has 0 amide bonds. The molecular formula is C12H15ClO. The van der Waals surface area contributed by atoms with Crippen LogP contribution in [0.15, 0.2) is 24.3 Å². The van der Waals surface area contributed by atoms with E-state index in [-0.39, 0.29) is 0 Å². The molecule has 1 aromatic rings. The van der Waals surface area contributed by atoms with Gasteiger partial charge in [0.25, 0.3) is 0 Å². The van der Waals surface area contributed by atoms with E-state index in [4.69, 9.17) is 16.3 Å². The minimum Gasteiger partial charge on any atom is -0.370 e. The fourth-order valence-electron chi connectivity index (χ4n) is 1.91. The molecular weight excluding hydrogens is 196 g/mol. The molecule has 1 heterocycles. The second-order valence-electron chi connectivity index (χ2n) is 4.11. The van der Waals surface area contributed by atoms with Crippen molar-refractivity contribution in [3.8, 4) is 0 Å². The standard InChI is InChI=1S/C12H15ClO/c1-8(12-9(2)14-12)7-10-3-5-11(13)6-4-10/h3-6,8-9,12H,7H2,1-2H3. The molecule has 0 N–H and O–H groups in total. The second-order valence-corrected chi connectivity index (χ2v) is 4.55. The third kappa shape index (κ3) is 2.28. The number of rotatable bonds is 3. The summed E-state index contributed by atoms with van der Waals surface area (Å²) in [7, 11) is 0. The number of benzene rings is 1. The van der Waals surface area contributed by atoms with E-state index >= 15 is 0 Å². The predicted molar refractivity (Wildman–Crippen MR) is 58.7 cm³/mol. The van der Waals surface area contributed by atoms with E-state index in [0.29, 0.717) is 18.1 Å². The van der Waals surface area contributed by atoms with E-state index < -0.39 is 0 Å². The molecule has 3 atom stereocenters. The Labute approximate surface area is 90.0 Å². The molecule has 2 heteroatoms. The van der Waals surface area contributed by atoms with E-state index in [9.17, 15) is 0 Å². The summed E-state index contributed by atoms with van der Waals surface area (Å²) in [6.07, 6.45) is 1.99. The lowest BCUT2D eigenvalue weighted by atomic mass is 9.97. The molecule has 0 aliphatic carbocycles.